The minimum atomic E-state index is -0.216. The maximum atomic E-state index is 10.1. The molecule has 1 aliphatic rings. The van der Waals surface area contributed by atoms with Gasteiger partial charge in [0.15, 0.2) is 0 Å². The van der Waals surface area contributed by atoms with Gasteiger partial charge in [0.25, 0.3) is 0 Å². The number of hydrogen-bond donors (Lipinski definition) is 2. The van der Waals surface area contributed by atoms with E-state index in [-0.39, 0.29) is 6.10 Å². The molecule has 1 unspecified atom stereocenters. The van der Waals surface area contributed by atoms with Crippen LogP contribution in [0.5, 0.6) is 0 Å². The van der Waals surface area contributed by atoms with E-state index in [1.54, 1.807) is 0 Å². The third kappa shape index (κ3) is 2.99. The Hall–Kier alpha value is -1.32. The number of para-hydroxylation sites is 1. The fourth-order valence-electron chi connectivity index (χ4n) is 2.98. The van der Waals surface area contributed by atoms with Crippen molar-refractivity contribution in [3.05, 3.63) is 36.1 Å². The lowest BCUT2D eigenvalue weighted by Gasteiger charge is -2.17. The summed E-state index contributed by atoms with van der Waals surface area (Å²) in [7, 11) is 0. The number of aliphatic hydroxyl groups excluding tert-OH is 1. The Bertz CT molecular complexity index is 495. The zero-order chi connectivity index (χ0) is 13.1. The van der Waals surface area contributed by atoms with Crippen LogP contribution in [0.25, 0.3) is 11.0 Å². The summed E-state index contributed by atoms with van der Waals surface area (Å²) < 4.78 is 5.73. The molecule has 1 heterocycles. The quantitative estimate of drug-likeness (QED) is 0.867. The van der Waals surface area contributed by atoms with Crippen molar-refractivity contribution in [1.82, 2.24) is 5.32 Å². The lowest BCUT2D eigenvalue weighted by Crippen LogP contribution is -2.31. The molecule has 1 saturated carbocycles. The lowest BCUT2D eigenvalue weighted by molar-refractivity contribution is 0.108. The first-order valence-electron chi connectivity index (χ1n) is 7.19. The number of hydrogen-bond acceptors (Lipinski definition) is 3. The van der Waals surface area contributed by atoms with Gasteiger partial charge in [0.2, 0.25) is 0 Å². The van der Waals surface area contributed by atoms with Gasteiger partial charge in [-0.2, -0.15) is 0 Å². The first kappa shape index (κ1) is 12.7. The molecule has 1 aliphatic carbocycles. The SMILES string of the molecule is OC(CNCc1cc2ccccc2o1)C1CCCC1. The number of furan rings is 1. The summed E-state index contributed by atoms with van der Waals surface area (Å²) in [6, 6.07) is 10.1. The Kier molecular flexibility index (Phi) is 3.85. The zero-order valence-corrected chi connectivity index (χ0v) is 11.1. The summed E-state index contributed by atoms with van der Waals surface area (Å²) in [6.45, 7) is 1.33. The summed E-state index contributed by atoms with van der Waals surface area (Å²) in [4.78, 5) is 0. The smallest absolute Gasteiger partial charge is 0.134 e. The van der Waals surface area contributed by atoms with E-state index in [0.29, 0.717) is 19.0 Å². The van der Waals surface area contributed by atoms with Crippen molar-refractivity contribution in [3.8, 4) is 0 Å². The van der Waals surface area contributed by atoms with Crippen LogP contribution in [0.1, 0.15) is 31.4 Å². The van der Waals surface area contributed by atoms with Crippen LogP contribution in [-0.4, -0.2) is 17.8 Å². The predicted octanol–water partition coefficient (Wildman–Crippen LogP) is 3.07. The summed E-state index contributed by atoms with van der Waals surface area (Å²) in [5.41, 5.74) is 0.927. The lowest BCUT2D eigenvalue weighted by atomic mass is 10.0. The summed E-state index contributed by atoms with van der Waals surface area (Å²) >= 11 is 0. The van der Waals surface area contributed by atoms with Crippen molar-refractivity contribution in [1.29, 1.82) is 0 Å². The second kappa shape index (κ2) is 5.76. The molecule has 0 aliphatic heterocycles. The number of aliphatic hydroxyl groups is 1. The van der Waals surface area contributed by atoms with Crippen molar-refractivity contribution in [2.24, 2.45) is 5.92 Å². The van der Waals surface area contributed by atoms with E-state index in [2.05, 4.69) is 17.4 Å². The molecule has 3 nitrogen and oxygen atoms in total. The number of nitrogens with one attached hydrogen (secondary N) is 1. The Balaban J connectivity index is 1.51. The van der Waals surface area contributed by atoms with Gasteiger partial charge in [-0.05, 0) is 30.9 Å². The number of benzene rings is 1. The van der Waals surface area contributed by atoms with Crippen LogP contribution in [0.2, 0.25) is 0 Å². The maximum absolute atomic E-state index is 10.1. The molecular weight excluding hydrogens is 238 g/mol. The van der Waals surface area contributed by atoms with E-state index < -0.39 is 0 Å². The predicted molar refractivity (Wildman–Crippen MR) is 75.9 cm³/mol. The van der Waals surface area contributed by atoms with E-state index in [0.717, 1.165) is 16.7 Å². The Morgan fingerprint density at radius 1 is 1.26 bits per heavy atom. The number of fused-ring (bicyclic) bond motifs is 1. The van der Waals surface area contributed by atoms with Gasteiger partial charge in [-0.3, -0.25) is 0 Å². The van der Waals surface area contributed by atoms with Gasteiger partial charge in [-0.1, -0.05) is 31.0 Å². The molecule has 0 bridgehead atoms. The molecule has 1 atom stereocenters. The minimum absolute atomic E-state index is 0.216. The first-order chi connectivity index (χ1) is 9.33. The minimum Gasteiger partial charge on any atom is -0.460 e. The fourth-order valence-corrected chi connectivity index (χ4v) is 2.98. The summed E-state index contributed by atoms with van der Waals surface area (Å²) in [5, 5.41) is 14.5. The van der Waals surface area contributed by atoms with E-state index in [9.17, 15) is 5.11 Å². The van der Waals surface area contributed by atoms with E-state index in [1.807, 2.05) is 18.2 Å². The molecule has 3 heteroatoms. The van der Waals surface area contributed by atoms with Crippen molar-refractivity contribution in [2.45, 2.75) is 38.3 Å². The van der Waals surface area contributed by atoms with Gasteiger partial charge in [0, 0.05) is 11.9 Å². The topological polar surface area (TPSA) is 45.4 Å². The standard InChI is InChI=1S/C16H21NO2/c18-15(12-5-1-2-6-12)11-17-10-14-9-13-7-3-4-8-16(13)19-14/h3-4,7-9,12,15,17-18H,1-2,5-6,10-11H2. The van der Waals surface area contributed by atoms with Crippen LogP contribution in [0.3, 0.4) is 0 Å². The Labute approximate surface area is 113 Å². The largest absolute Gasteiger partial charge is 0.460 e. The second-order valence-corrected chi connectivity index (χ2v) is 5.49. The van der Waals surface area contributed by atoms with Crippen LogP contribution in [-0.2, 0) is 6.54 Å². The average molecular weight is 259 g/mol. The molecule has 0 spiro atoms. The fraction of sp³-hybridized carbons (Fsp3) is 0.500. The van der Waals surface area contributed by atoms with E-state index in [1.165, 1.54) is 25.7 Å². The van der Waals surface area contributed by atoms with Gasteiger partial charge in [-0.25, -0.2) is 0 Å². The molecule has 102 valence electrons. The van der Waals surface area contributed by atoms with Crippen molar-refractivity contribution in [3.63, 3.8) is 0 Å². The van der Waals surface area contributed by atoms with Gasteiger partial charge in [-0.15, -0.1) is 0 Å². The molecule has 0 amide bonds. The van der Waals surface area contributed by atoms with Crippen molar-refractivity contribution >= 4 is 11.0 Å². The van der Waals surface area contributed by atoms with E-state index >= 15 is 0 Å². The first-order valence-corrected chi connectivity index (χ1v) is 7.19. The van der Waals surface area contributed by atoms with Crippen molar-refractivity contribution in [2.75, 3.05) is 6.54 Å². The molecule has 19 heavy (non-hydrogen) atoms. The number of rotatable bonds is 5. The summed E-state index contributed by atoms with van der Waals surface area (Å²) in [6.07, 6.45) is 4.67. The molecule has 0 radical (unpaired) electrons. The van der Waals surface area contributed by atoms with Crippen LogP contribution in [0.4, 0.5) is 0 Å². The molecule has 0 saturated heterocycles. The van der Waals surface area contributed by atoms with Gasteiger partial charge in [0.05, 0.1) is 12.6 Å². The van der Waals surface area contributed by atoms with Crippen molar-refractivity contribution < 1.29 is 9.52 Å². The molecule has 1 fully saturated rings. The van der Waals surface area contributed by atoms with Crippen LogP contribution >= 0.6 is 0 Å². The molecule has 3 rings (SSSR count). The van der Waals surface area contributed by atoms with Gasteiger partial charge >= 0.3 is 0 Å². The zero-order valence-electron chi connectivity index (χ0n) is 11.1. The van der Waals surface area contributed by atoms with Gasteiger partial charge < -0.3 is 14.8 Å². The molecule has 1 aromatic carbocycles. The third-order valence-corrected chi connectivity index (χ3v) is 4.07. The summed E-state index contributed by atoms with van der Waals surface area (Å²) in [5.74, 6) is 1.42. The monoisotopic (exact) mass is 259 g/mol. The molecular formula is C16H21NO2. The van der Waals surface area contributed by atoms with Crippen LogP contribution in [0, 0.1) is 5.92 Å². The average Bonchev–Trinajstić information content (AvgIpc) is 3.07. The third-order valence-electron chi connectivity index (χ3n) is 4.07. The van der Waals surface area contributed by atoms with Crippen LogP contribution in [0.15, 0.2) is 34.7 Å². The highest BCUT2D eigenvalue weighted by atomic mass is 16.3. The molecule has 2 N–H and O–H groups in total. The molecule has 2 aromatic rings. The highest BCUT2D eigenvalue weighted by Crippen LogP contribution is 2.27. The Morgan fingerprint density at radius 3 is 2.84 bits per heavy atom. The van der Waals surface area contributed by atoms with Gasteiger partial charge in [0.1, 0.15) is 11.3 Å². The molecule has 1 aromatic heterocycles. The Morgan fingerprint density at radius 2 is 2.05 bits per heavy atom. The van der Waals surface area contributed by atoms with E-state index in [4.69, 9.17) is 4.42 Å². The van der Waals surface area contributed by atoms with Crippen LogP contribution < -0.4 is 5.32 Å². The second-order valence-electron chi connectivity index (χ2n) is 5.49. The highest BCUT2D eigenvalue weighted by molar-refractivity contribution is 5.77. The highest BCUT2D eigenvalue weighted by Gasteiger charge is 2.22. The maximum Gasteiger partial charge on any atom is 0.134 e. The normalized spacial score (nSPS) is 18.2.